The number of aromatic amines is 1. The number of carbonyl (C=O) groups is 1. The molecule has 26 heavy (non-hydrogen) atoms. The maximum Gasteiger partial charge on any atom is 0.351 e. The molecule has 3 aromatic heterocycles. The predicted molar refractivity (Wildman–Crippen MR) is 91.3 cm³/mol. The first-order chi connectivity index (χ1) is 12.7. The van der Waals surface area contributed by atoms with E-state index in [0.717, 1.165) is 13.1 Å². The Kier molecular flexibility index (Phi) is 4.59. The number of imidazole rings is 1. The Labute approximate surface area is 149 Å². The molecular weight excluding hydrogens is 337 g/mol. The fourth-order valence-corrected chi connectivity index (χ4v) is 3.21. The normalized spacial score (nSPS) is 15.3. The van der Waals surface area contributed by atoms with E-state index in [4.69, 9.17) is 4.74 Å². The molecule has 0 atom stereocenters. The van der Waals surface area contributed by atoms with Gasteiger partial charge in [-0.1, -0.05) is 6.07 Å². The molecule has 0 radical (unpaired) electrons. The van der Waals surface area contributed by atoms with Gasteiger partial charge < -0.3 is 9.64 Å². The van der Waals surface area contributed by atoms with Crippen LogP contribution < -0.4 is 14.6 Å². The molecule has 0 spiro atoms. The molecule has 1 amide bonds. The van der Waals surface area contributed by atoms with Crippen LogP contribution in [0.25, 0.3) is 5.52 Å². The standard InChI is InChI=1S/C18H18FN5O2/c19-13-4-3-7-24-16(13)14(12-23-8-10-26-11-9-23)21-17(24)18(25)22-15-5-1-2-6-20-15/h1-7H,8-12H2,(H,20,22,25)/p+2. The van der Waals surface area contributed by atoms with Gasteiger partial charge in [0.25, 0.3) is 0 Å². The van der Waals surface area contributed by atoms with Crippen LogP contribution in [0.1, 0.15) is 16.3 Å². The molecule has 0 saturated carbocycles. The van der Waals surface area contributed by atoms with Crippen LogP contribution in [0.5, 0.6) is 0 Å². The summed E-state index contributed by atoms with van der Waals surface area (Å²) in [6, 6.07) is 8.25. The number of nitrogens with one attached hydrogen (secondary N) is 3. The molecule has 0 aromatic carbocycles. The minimum Gasteiger partial charge on any atom is -0.370 e. The van der Waals surface area contributed by atoms with Gasteiger partial charge in [0.2, 0.25) is 11.2 Å². The van der Waals surface area contributed by atoms with Crippen molar-refractivity contribution in [1.82, 2.24) is 9.97 Å². The van der Waals surface area contributed by atoms with Gasteiger partial charge in [-0.05, 0) is 24.3 Å². The number of morpholine rings is 1. The zero-order valence-corrected chi connectivity index (χ0v) is 14.2. The number of pyridine rings is 2. The molecule has 4 heterocycles. The topological polar surface area (TPSA) is 75.5 Å². The number of nitrogens with zero attached hydrogens (tertiary/aromatic N) is 2. The quantitative estimate of drug-likeness (QED) is 0.574. The molecule has 1 fully saturated rings. The number of ether oxygens (including phenoxy) is 1. The van der Waals surface area contributed by atoms with Gasteiger partial charge in [0.1, 0.15) is 25.5 Å². The number of rotatable bonds is 4. The number of anilines is 1. The number of carbonyl (C=O) groups excluding carboxylic acids is 1. The summed E-state index contributed by atoms with van der Waals surface area (Å²) < 4.78 is 21.4. The van der Waals surface area contributed by atoms with Crippen molar-refractivity contribution in [2.75, 3.05) is 31.6 Å². The van der Waals surface area contributed by atoms with Crippen LogP contribution in [-0.2, 0) is 11.3 Å². The highest BCUT2D eigenvalue weighted by molar-refractivity contribution is 6.00. The summed E-state index contributed by atoms with van der Waals surface area (Å²) in [6.45, 7) is 3.70. The van der Waals surface area contributed by atoms with Crippen molar-refractivity contribution in [3.8, 4) is 0 Å². The zero-order valence-electron chi connectivity index (χ0n) is 14.2. The lowest BCUT2D eigenvalue weighted by atomic mass is 10.3. The second-order valence-electron chi connectivity index (χ2n) is 6.24. The van der Waals surface area contributed by atoms with Crippen molar-refractivity contribution in [3.05, 3.63) is 60.1 Å². The van der Waals surface area contributed by atoms with Crippen LogP contribution >= 0.6 is 0 Å². The van der Waals surface area contributed by atoms with Crippen LogP contribution in [0.15, 0.2) is 42.7 Å². The summed E-state index contributed by atoms with van der Waals surface area (Å²) in [5, 5.41) is 2.74. The first kappa shape index (κ1) is 16.6. The SMILES string of the molecule is O=C(Nc1ccccn1)c1[nH]c(C[NH+]2CCOCC2)c2c(F)ccc[n+]12. The third-order valence-corrected chi connectivity index (χ3v) is 4.49. The summed E-state index contributed by atoms with van der Waals surface area (Å²) in [4.78, 5) is 21.2. The minimum atomic E-state index is -0.368. The van der Waals surface area contributed by atoms with Gasteiger partial charge in [0, 0.05) is 6.20 Å². The molecule has 1 saturated heterocycles. The van der Waals surface area contributed by atoms with Gasteiger partial charge in [0.05, 0.1) is 19.4 Å². The summed E-state index contributed by atoms with van der Waals surface area (Å²) in [7, 11) is 0. The van der Waals surface area contributed by atoms with E-state index in [9.17, 15) is 9.18 Å². The molecular formula is C18H20FN5O2+2. The molecule has 0 unspecified atom stereocenters. The lowest BCUT2D eigenvalue weighted by Gasteiger charge is -2.22. The summed E-state index contributed by atoms with van der Waals surface area (Å²) in [6.07, 6.45) is 3.28. The number of hydrogen-bond donors (Lipinski definition) is 3. The third kappa shape index (κ3) is 3.29. The molecule has 1 aliphatic rings. The van der Waals surface area contributed by atoms with Crippen LogP contribution in [0.4, 0.5) is 10.2 Å². The van der Waals surface area contributed by atoms with E-state index in [2.05, 4.69) is 15.3 Å². The van der Waals surface area contributed by atoms with E-state index < -0.39 is 0 Å². The summed E-state index contributed by atoms with van der Waals surface area (Å²) in [5.74, 6) is -0.0127. The molecule has 0 bridgehead atoms. The highest BCUT2D eigenvalue weighted by Gasteiger charge is 2.30. The average molecular weight is 357 g/mol. The maximum absolute atomic E-state index is 14.5. The van der Waals surface area contributed by atoms with E-state index in [0.29, 0.717) is 36.8 Å². The predicted octanol–water partition coefficient (Wildman–Crippen LogP) is -0.0451. The van der Waals surface area contributed by atoms with E-state index in [1.165, 1.54) is 11.0 Å². The largest absolute Gasteiger partial charge is 0.370 e. The van der Waals surface area contributed by atoms with Gasteiger partial charge >= 0.3 is 11.7 Å². The molecule has 4 rings (SSSR count). The molecule has 7 nitrogen and oxygen atoms in total. The van der Waals surface area contributed by atoms with Crippen molar-refractivity contribution >= 4 is 17.2 Å². The average Bonchev–Trinajstić information content (AvgIpc) is 3.03. The van der Waals surface area contributed by atoms with Crippen molar-refractivity contribution in [3.63, 3.8) is 0 Å². The Hall–Kier alpha value is -2.84. The number of quaternary nitrogens is 1. The van der Waals surface area contributed by atoms with Gasteiger partial charge in [-0.2, -0.15) is 4.40 Å². The van der Waals surface area contributed by atoms with Crippen molar-refractivity contribution in [1.29, 1.82) is 0 Å². The van der Waals surface area contributed by atoms with E-state index in [-0.39, 0.29) is 17.5 Å². The fraction of sp³-hybridized carbons (Fsp3) is 0.278. The monoisotopic (exact) mass is 357 g/mol. The lowest BCUT2D eigenvalue weighted by Crippen LogP contribution is -3.12. The summed E-state index contributed by atoms with van der Waals surface area (Å²) >= 11 is 0. The van der Waals surface area contributed by atoms with E-state index in [1.54, 1.807) is 41.1 Å². The summed E-state index contributed by atoms with van der Waals surface area (Å²) in [5.41, 5.74) is 1.10. The first-order valence-corrected chi connectivity index (χ1v) is 8.57. The Morgan fingerprint density at radius 3 is 2.92 bits per heavy atom. The number of halogens is 1. The van der Waals surface area contributed by atoms with Crippen LogP contribution in [0.3, 0.4) is 0 Å². The molecule has 1 aliphatic heterocycles. The maximum atomic E-state index is 14.5. The fourth-order valence-electron chi connectivity index (χ4n) is 3.21. The highest BCUT2D eigenvalue weighted by atomic mass is 19.1. The van der Waals surface area contributed by atoms with Gasteiger partial charge in [-0.15, -0.1) is 0 Å². The Bertz CT molecular complexity index is 922. The smallest absolute Gasteiger partial charge is 0.351 e. The van der Waals surface area contributed by atoms with Crippen LogP contribution in [-0.4, -0.2) is 42.2 Å². The Balaban J connectivity index is 1.68. The van der Waals surface area contributed by atoms with E-state index in [1.807, 2.05) is 0 Å². The number of amides is 1. The third-order valence-electron chi connectivity index (χ3n) is 4.49. The number of hydrogen-bond acceptors (Lipinski definition) is 3. The van der Waals surface area contributed by atoms with Crippen molar-refractivity contribution in [2.24, 2.45) is 0 Å². The van der Waals surface area contributed by atoms with Crippen LogP contribution in [0.2, 0.25) is 0 Å². The highest BCUT2D eigenvalue weighted by Crippen LogP contribution is 2.12. The second-order valence-corrected chi connectivity index (χ2v) is 6.24. The van der Waals surface area contributed by atoms with E-state index >= 15 is 0 Å². The van der Waals surface area contributed by atoms with Gasteiger partial charge in [0.15, 0.2) is 5.82 Å². The Morgan fingerprint density at radius 2 is 2.15 bits per heavy atom. The molecule has 134 valence electrons. The molecule has 3 N–H and O–H groups in total. The molecule has 0 aliphatic carbocycles. The first-order valence-electron chi connectivity index (χ1n) is 8.57. The number of fused-ring (bicyclic) bond motifs is 1. The Morgan fingerprint density at radius 1 is 1.31 bits per heavy atom. The zero-order chi connectivity index (χ0) is 17.9. The number of H-pyrrole nitrogens is 1. The van der Waals surface area contributed by atoms with Gasteiger partial charge in [-0.25, -0.2) is 14.4 Å². The minimum absolute atomic E-state index is 0.271. The number of aromatic nitrogens is 3. The molecule has 3 aromatic rings. The second kappa shape index (κ2) is 7.19. The van der Waals surface area contributed by atoms with Crippen molar-refractivity contribution < 1.29 is 23.2 Å². The van der Waals surface area contributed by atoms with Gasteiger partial charge in [-0.3, -0.25) is 10.1 Å². The van der Waals surface area contributed by atoms with Crippen LogP contribution in [0, 0.1) is 5.82 Å². The molecule has 8 heteroatoms. The lowest BCUT2D eigenvalue weighted by molar-refractivity contribution is -0.921. The van der Waals surface area contributed by atoms with Crippen molar-refractivity contribution in [2.45, 2.75) is 6.54 Å².